The molecule has 90 valence electrons. The average molecular weight is 283 g/mol. The van der Waals surface area contributed by atoms with E-state index >= 15 is 0 Å². The number of amides is 1. The number of carbonyl (C=O) groups is 1. The average Bonchev–Trinajstić information content (AvgIpc) is 2.52. The Morgan fingerprint density at radius 1 is 1.24 bits per heavy atom. The van der Waals surface area contributed by atoms with Gasteiger partial charge in [0.2, 0.25) is 0 Å². The van der Waals surface area contributed by atoms with Gasteiger partial charge in [0.15, 0.2) is 0 Å². The molecule has 0 aromatic carbocycles. The van der Waals surface area contributed by atoms with Crippen LogP contribution in [0.15, 0.2) is 32.4 Å². The number of rotatable bonds is 1. The van der Waals surface area contributed by atoms with Crippen LogP contribution in [0, 0.1) is 0 Å². The summed E-state index contributed by atoms with van der Waals surface area (Å²) in [6, 6.07) is 0. The molecule has 17 heavy (non-hydrogen) atoms. The molecule has 0 N–H and O–H groups in total. The SMILES string of the molecule is CCN1C(=O)C(=C2C=C(C)SC(C)=C2)SC1=S. The fourth-order valence-electron chi connectivity index (χ4n) is 1.77. The summed E-state index contributed by atoms with van der Waals surface area (Å²) >= 11 is 8.35. The first-order valence-electron chi connectivity index (χ1n) is 5.35. The van der Waals surface area contributed by atoms with Crippen molar-refractivity contribution in [3.63, 3.8) is 0 Å². The number of likely N-dealkylation sites (N-methyl/N-ethyl adjacent to an activating group) is 1. The number of thiocarbonyl (C=S) groups is 1. The van der Waals surface area contributed by atoms with Crippen LogP contribution in [0.2, 0.25) is 0 Å². The van der Waals surface area contributed by atoms with Crippen molar-refractivity contribution in [2.45, 2.75) is 20.8 Å². The van der Waals surface area contributed by atoms with Crippen LogP contribution < -0.4 is 0 Å². The molecule has 0 spiro atoms. The van der Waals surface area contributed by atoms with Crippen molar-refractivity contribution in [3.05, 3.63) is 32.4 Å². The Bertz CT molecular complexity index is 468. The van der Waals surface area contributed by atoms with Crippen LogP contribution in [0.3, 0.4) is 0 Å². The van der Waals surface area contributed by atoms with Crippen molar-refractivity contribution in [1.29, 1.82) is 0 Å². The Labute approximate surface area is 115 Å². The predicted octanol–water partition coefficient (Wildman–Crippen LogP) is 3.68. The number of allylic oxidation sites excluding steroid dienone is 5. The summed E-state index contributed by atoms with van der Waals surface area (Å²) in [7, 11) is 0. The largest absolute Gasteiger partial charge is 0.293 e. The Morgan fingerprint density at radius 3 is 2.29 bits per heavy atom. The van der Waals surface area contributed by atoms with Gasteiger partial charge in [0, 0.05) is 6.54 Å². The molecular formula is C12H13NOS3. The van der Waals surface area contributed by atoms with Crippen LogP contribution >= 0.6 is 35.7 Å². The van der Waals surface area contributed by atoms with Crippen LogP contribution in [-0.2, 0) is 4.79 Å². The Balaban J connectivity index is 2.44. The molecule has 0 aliphatic carbocycles. The lowest BCUT2D eigenvalue weighted by molar-refractivity contribution is -0.122. The van der Waals surface area contributed by atoms with E-state index in [1.807, 2.05) is 6.92 Å². The summed E-state index contributed by atoms with van der Waals surface area (Å²) in [4.78, 5) is 17.0. The second kappa shape index (κ2) is 5.00. The van der Waals surface area contributed by atoms with Gasteiger partial charge >= 0.3 is 0 Å². The van der Waals surface area contributed by atoms with Gasteiger partial charge in [-0.25, -0.2) is 0 Å². The monoisotopic (exact) mass is 283 g/mol. The molecule has 0 saturated carbocycles. The van der Waals surface area contributed by atoms with E-state index in [1.165, 1.54) is 21.6 Å². The van der Waals surface area contributed by atoms with Crippen LogP contribution in [0.25, 0.3) is 0 Å². The number of hydrogen-bond donors (Lipinski definition) is 0. The molecule has 1 amide bonds. The Hall–Kier alpha value is -0.520. The fourth-order valence-corrected chi connectivity index (χ4v) is 4.04. The lowest BCUT2D eigenvalue weighted by atomic mass is 10.2. The zero-order valence-corrected chi connectivity index (χ0v) is 12.4. The summed E-state index contributed by atoms with van der Waals surface area (Å²) < 4.78 is 0.662. The van der Waals surface area contributed by atoms with Crippen molar-refractivity contribution in [2.24, 2.45) is 0 Å². The van der Waals surface area contributed by atoms with Crippen molar-refractivity contribution in [3.8, 4) is 0 Å². The normalized spacial score (nSPS) is 21.0. The molecule has 2 rings (SSSR count). The number of thioether (sulfide) groups is 2. The maximum Gasteiger partial charge on any atom is 0.266 e. The van der Waals surface area contributed by atoms with Crippen molar-refractivity contribution < 1.29 is 4.79 Å². The smallest absolute Gasteiger partial charge is 0.266 e. The molecule has 0 aromatic heterocycles. The minimum atomic E-state index is 0.0394. The van der Waals surface area contributed by atoms with Gasteiger partial charge in [-0.2, -0.15) is 0 Å². The molecule has 2 aliphatic heterocycles. The molecule has 1 saturated heterocycles. The molecule has 1 fully saturated rings. The molecule has 0 atom stereocenters. The maximum absolute atomic E-state index is 12.2. The van der Waals surface area contributed by atoms with E-state index in [-0.39, 0.29) is 5.91 Å². The van der Waals surface area contributed by atoms with E-state index in [0.717, 1.165) is 10.5 Å². The summed E-state index contributed by atoms with van der Waals surface area (Å²) in [5.41, 5.74) is 0.993. The first-order valence-corrected chi connectivity index (χ1v) is 7.39. The van der Waals surface area contributed by atoms with Crippen LogP contribution in [0.1, 0.15) is 20.8 Å². The zero-order valence-electron chi connectivity index (χ0n) is 9.94. The number of carbonyl (C=O) groups excluding carboxylic acids is 1. The van der Waals surface area contributed by atoms with Gasteiger partial charge in [-0.1, -0.05) is 35.7 Å². The Kier molecular flexibility index (Phi) is 3.80. The lowest BCUT2D eigenvalue weighted by Crippen LogP contribution is -2.27. The highest BCUT2D eigenvalue weighted by Crippen LogP contribution is 2.39. The van der Waals surface area contributed by atoms with Crippen LogP contribution in [0.5, 0.6) is 0 Å². The van der Waals surface area contributed by atoms with Crippen molar-refractivity contribution in [2.75, 3.05) is 6.54 Å². The van der Waals surface area contributed by atoms with Crippen molar-refractivity contribution in [1.82, 2.24) is 4.90 Å². The molecule has 2 aliphatic rings. The molecule has 0 bridgehead atoms. The highest BCUT2D eigenvalue weighted by molar-refractivity contribution is 8.26. The second-order valence-electron chi connectivity index (χ2n) is 3.81. The summed E-state index contributed by atoms with van der Waals surface area (Å²) in [5, 5.41) is 0. The molecule has 0 unspecified atom stereocenters. The number of hydrogen-bond acceptors (Lipinski definition) is 4. The van der Waals surface area contributed by atoms with Crippen LogP contribution in [-0.4, -0.2) is 21.7 Å². The van der Waals surface area contributed by atoms with E-state index in [1.54, 1.807) is 16.7 Å². The highest BCUT2D eigenvalue weighted by Gasteiger charge is 2.32. The molecule has 0 aromatic rings. The predicted molar refractivity (Wildman–Crippen MR) is 79.7 cm³/mol. The Morgan fingerprint density at radius 2 is 1.82 bits per heavy atom. The van der Waals surface area contributed by atoms with Gasteiger partial charge in [-0.15, -0.1) is 0 Å². The highest BCUT2D eigenvalue weighted by atomic mass is 32.2. The third-order valence-electron chi connectivity index (χ3n) is 2.47. The zero-order chi connectivity index (χ0) is 12.6. The van der Waals surface area contributed by atoms with E-state index in [2.05, 4.69) is 26.0 Å². The van der Waals surface area contributed by atoms with Gasteiger partial charge in [-0.05, 0) is 48.3 Å². The quantitative estimate of drug-likeness (QED) is 0.540. The third-order valence-corrected chi connectivity index (χ3v) is 4.83. The van der Waals surface area contributed by atoms with E-state index < -0.39 is 0 Å². The van der Waals surface area contributed by atoms with E-state index in [9.17, 15) is 4.79 Å². The van der Waals surface area contributed by atoms with Gasteiger partial charge in [0.05, 0.1) is 4.91 Å². The first-order chi connectivity index (χ1) is 8.02. The van der Waals surface area contributed by atoms with Gasteiger partial charge in [0.25, 0.3) is 5.91 Å². The third kappa shape index (κ3) is 2.51. The van der Waals surface area contributed by atoms with Gasteiger partial charge in [-0.3, -0.25) is 9.69 Å². The molecule has 0 radical (unpaired) electrons. The summed E-state index contributed by atoms with van der Waals surface area (Å²) in [6.07, 6.45) is 4.11. The summed E-state index contributed by atoms with van der Waals surface area (Å²) in [6.45, 7) is 6.70. The van der Waals surface area contributed by atoms with Crippen molar-refractivity contribution >= 4 is 46.0 Å². The van der Waals surface area contributed by atoms with Gasteiger partial charge < -0.3 is 0 Å². The fraction of sp³-hybridized carbons (Fsp3) is 0.333. The molecular weight excluding hydrogens is 270 g/mol. The topological polar surface area (TPSA) is 20.3 Å². The van der Waals surface area contributed by atoms with E-state index in [0.29, 0.717) is 10.9 Å². The van der Waals surface area contributed by atoms with Gasteiger partial charge in [0.1, 0.15) is 4.32 Å². The number of nitrogens with zero attached hydrogens (tertiary/aromatic N) is 1. The lowest BCUT2D eigenvalue weighted by Gasteiger charge is -2.12. The molecule has 2 heterocycles. The molecule has 5 heteroatoms. The summed E-state index contributed by atoms with van der Waals surface area (Å²) in [5.74, 6) is 0.0394. The molecule has 2 nitrogen and oxygen atoms in total. The minimum absolute atomic E-state index is 0.0394. The van der Waals surface area contributed by atoms with E-state index in [4.69, 9.17) is 12.2 Å². The minimum Gasteiger partial charge on any atom is -0.293 e. The first kappa shape index (κ1) is 12.9. The second-order valence-corrected chi connectivity index (χ2v) is 6.95. The van der Waals surface area contributed by atoms with Crippen LogP contribution in [0.4, 0.5) is 0 Å². The maximum atomic E-state index is 12.2. The standard InChI is InChI=1S/C12H13NOS3/c1-4-13-11(14)10(17-12(13)15)9-5-7(2)16-8(3)6-9/h5-6H,4H2,1-3H3.